The number of H-pyrrole nitrogens is 1. The Morgan fingerprint density at radius 1 is 1.34 bits per heavy atom. The number of rotatable bonds is 4. The second kappa shape index (κ2) is 9.11. The smallest absolute Gasteiger partial charge is 0.256 e. The van der Waals surface area contributed by atoms with Crippen LogP contribution in [0.15, 0.2) is 23.0 Å². The number of carbonyl (C=O) groups is 1. The van der Waals surface area contributed by atoms with Crippen LogP contribution < -0.4 is 5.56 Å². The minimum atomic E-state index is -0.265. The fourth-order valence-electron chi connectivity index (χ4n) is 4.53. The van der Waals surface area contributed by atoms with E-state index in [1.54, 1.807) is 11.0 Å². The molecule has 0 aliphatic carbocycles. The Morgan fingerprint density at radius 2 is 2.12 bits per heavy atom. The molecule has 166 valence electrons. The van der Waals surface area contributed by atoms with Crippen molar-refractivity contribution < 1.29 is 9.53 Å². The summed E-state index contributed by atoms with van der Waals surface area (Å²) in [5, 5.41) is 10.1. The third-order valence-electron chi connectivity index (χ3n) is 6.19. The van der Waals surface area contributed by atoms with Crippen LogP contribution in [0.5, 0.6) is 0 Å². The van der Waals surface area contributed by atoms with Crippen LogP contribution in [0.4, 0.5) is 0 Å². The topological polar surface area (TPSA) is 86.2 Å². The van der Waals surface area contributed by atoms with Crippen LogP contribution in [0.2, 0.25) is 10.0 Å². The lowest BCUT2D eigenvalue weighted by molar-refractivity contribution is 0.0726. The SMILES string of the molecule is Cc1cc(C)c(CN2CCc3c(Cl)cc(/C(=C/C#N)C4CCOC4)c(Cl)c3C2=O)c(=O)[nH]1. The highest BCUT2D eigenvalue weighted by Crippen LogP contribution is 2.41. The largest absolute Gasteiger partial charge is 0.381 e. The number of fused-ring (bicyclic) bond motifs is 1. The fraction of sp³-hybridized carbons (Fsp3) is 0.375. The van der Waals surface area contributed by atoms with Crippen molar-refractivity contribution in [2.45, 2.75) is 33.2 Å². The molecule has 1 atom stereocenters. The number of halogens is 2. The first-order chi connectivity index (χ1) is 15.3. The summed E-state index contributed by atoms with van der Waals surface area (Å²) in [6.45, 7) is 5.42. The number of nitriles is 1. The van der Waals surface area contributed by atoms with Crippen LogP contribution >= 0.6 is 23.2 Å². The second-order valence-electron chi connectivity index (χ2n) is 8.28. The van der Waals surface area contributed by atoms with Crippen LogP contribution in [-0.2, 0) is 17.7 Å². The molecule has 0 bridgehead atoms. The number of aryl methyl sites for hydroxylation is 2. The van der Waals surface area contributed by atoms with Crippen LogP contribution in [0.3, 0.4) is 0 Å². The first kappa shape index (κ1) is 22.6. The van der Waals surface area contributed by atoms with Crippen molar-refractivity contribution in [3.63, 3.8) is 0 Å². The normalized spacial score (nSPS) is 18.6. The zero-order valence-electron chi connectivity index (χ0n) is 17.9. The van der Waals surface area contributed by atoms with Crippen LogP contribution in [0, 0.1) is 31.1 Å². The second-order valence-corrected chi connectivity index (χ2v) is 9.07. The average Bonchev–Trinajstić information content (AvgIpc) is 3.27. The van der Waals surface area contributed by atoms with Gasteiger partial charge in [-0.1, -0.05) is 23.2 Å². The molecule has 4 rings (SSSR count). The molecule has 6 nitrogen and oxygen atoms in total. The first-order valence-electron chi connectivity index (χ1n) is 10.5. The molecule has 1 amide bonds. The van der Waals surface area contributed by atoms with E-state index in [4.69, 9.17) is 27.9 Å². The zero-order chi connectivity index (χ0) is 23.0. The van der Waals surface area contributed by atoms with Crippen molar-refractivity contribution in [2.75, 3.05) is 19.8 Å². The summed E-state index contributed by atoms with van der Waals surface area (Å²) < 4.78 is 5.49. The van der Waals surface area contributed by atoms with Crippen molar-refractivity contribution in [3.8, 4) is 6.07 Å². The van der Waals surface area contributed by atoms with Crippen molar-refractivity contribution in [1.82, 2.24) is 9.88 Å². The highest BCUT2D eigenvalue weighted by molar-refractivity contribution is 6.38. The average molecular weight is 472 g/mol. The van der Waals surface area contributed by atoms with E-state index < -0.39 is 0 Å². The summed E-state index contributed by atoms with van der Waals surface area (Å²) in [4.78, 5) is 30.4. The molecule has 0 radical (unpaired) electrons. The maximum atomic E-state index is 13.5. The predicted molar refractivity (Wildman–Crippen MR) is 124 cm³/mol. The van der Waals surface area contributed by atoms with E-state index in [-0.39, 0.29) is 23.9 Å². The quantitative estimate of drug-likeness (QED) is 0.667. The van der Waals surface area contributed by atoms with Gasteiger partial charge >= 0.3 is 0 Å². The highest BCUT2D eigenvalue weighted by Gasteiger charge is 2.33. The molecule has 0 saturated carbocycles. The minimum Gasteiger partial charge on any atom is -0.381 e. The standard InChI is InChI=1S/C24H23Cl2N3O3/c1-13-9-14(2)28-23(30)19(13)11-29-7-4-17-20(25)10-18(22(26)21(17)24(29)31)16(3-6-27)15-5-8-32-12-15/h3,9-10,15H,4-5,7-8,11-12H2,1-2H3,(H,28,30)/b16-3+. The van der Waals surface area contributed by atoms with Gasteiger partial charge in [0.25, 0.3) is 11.5 Å². The minimum absolute atomic E-state index is 0.0184. The molecule has 2 aliphatic heterocycles. The lowest BCUT2D eigenvalue weighted by Gasteiger charge is -2.31. The summed E-state index contributed by atoms with van der Waals surface area (Å²) in [7, 11) is 0. The van der Waals surface area contributed by atoms with E-state index >= 15 is 0 Å². The van der Waals surface area contributed by atoms with Crippen LogP contribution in [0.25, 0.3) is 5.57 Å². The Morgan fingerprint density at radius 3 is 2.78 bits per heavy atom. The van der Waals surface area contributed by atoms with Gasteiger partial charge in [0.2, 0.25) is 0 Å². The Bertz CT molecular complexity index is 1220. The molecule has 2 aromatic rings. The molecule has 2 aliphatic rings. The number of nitrogens with zero attached hydrogens (tertiary/aromatic N) is 2. The van der Waals surface area contributed by atoms with Gasteiger partial charge in [0.1, 0.15) is 0 Å². The van der Waals surface area contributed by atoms with E-state index in [2.05, 4.69) is 11.1 Å². The molecule has 1 fully saturated rings. The Kier molecular flexibility index (Phi) is 6.43. The summed E-state index contributed by atoms with van der Waals surface area (Å²) in [5.74, 6) is -0.247. The van der Waals surface area contributed by atoms with Gasteiger partial charge in [0.15, 0.2) is 0 Å². The Labute approximate surface area is 196 Å². The molecule has 3 heterocycles. The lowest BCUT2D eigenvalue weighted by atomic mass is 9.87. The van der Waals surface area contributed by atoms with E-state index in [1.807, 2.05) is 19.9 Å². The predicted octanol–water partition coefficient (Wildman–Crippen LogP) is 4.44. The lowest BCUT2D eigenvalue weighted by Crippen LogP contribution is -2.39. The van der Waals surface area contributed by atoms with Gasteiger partial charge in [-0.15, -0.1) is 0 Å². The number of ether oxygens (including phenoxy) is 1. The third-order valence-corrected chi connectivity index (χ3v) is 6.92. The van der Waals surface area contributed by atoms with Crippen molar-refractivity contribution in [2.24, 2.45) is 5.92 Å². The number of hydrogen-bond donors (Lipinski definition) is 1. The van der Waals surface area contributed by atoms with Gasteiger partial charge in [-0.3, -0.25) is 9.59 Å². The number of amides is 1. The summed E-state index contributed by atoms with van der Waals surface area (Å²) in [6, 6.07) is 5.73. The van der Waals surface area contributed by atoms with Crippen molar-refractivity contribution >= 4 is 34.7 Å². The molecule has 1 unspecified atom stereocenters. The number of aromatic amines is 1. The summed E-state index contributed by atoms with van der Waals surface area (Å²) in [5.41, 5.74) is 4.35. The molecule has 1 aromatic heterocycles. The van der Waals surface area contributed by atoms with Gasteiger partial charge in [-0.25, -0.2) is 0 Å². The molecular weight excluding hydrogens is 449 g/mol. The molecule has 32 heavy (non-hydrogen) atoms. The molecular formula is C24H23Cl2N3O3. The zero-order valence-corrected chi connectivity index (χ0v) is 19.4. The number of carbonyl (C=O) groups excluding carboxylic acids is 1. The van der Waals surface area contributed by atoms with E-state index in [0.717, 1.165) is 23.3 Å². The number of aromatic nitrogens is 1. The summed E-state index contributed by atoms with van der Waals surface area (Å²) in [6.07, 6.45) is 2.77. The maximum Gasteiger partial charge on any atom is 0.256 e. The van der Waals surface area contributed by atoms with Crippen LogP contribution in [-0.4, -0.2) is 35.5 Å². The molecule has 1 aromatic carbocycles. The van der Waals surface area contributed by atoms with Gasteiger partial charge in [-0.05, 0) is 61.1 Å². The maximum absolute atomic E-state index is 13.5. The van der Waals surface area contributed by atoms with E-state index in [9.17, 15) is 14.9 Å². The first-order valence-corrected chi connectivity index (χ1v) is 11.2. The van der Waals surface area contributed by atoms with Gasteiger partial charge < -0.3 is 14.6 Å². The number of allylic oxidation sites excluding steroid dienone is 1. The number of pyridine rings is 1. The summed E-state index contributed by atoms with van der Waals surface area (Å²) >= 11 is 13.4. The molecule has 1 saturated heterocycles. The number of nitrogens with one attached hydrogen (secondary N) is 1. The van der Waals surface area contributed by atoms with Crippen molar-refractivity contribution in [3.05, 3.63) is 72.1 Å². The van der Waals surface area contributed by atoms with Gasteiger partial charge in [-0.2, -0.15) is 5.26 Å². The van der Waals surface area contributed by atoms with E-state index in [0.29, 0.717) is 58.5 Å². The fourth-order valence-corrected chi connectivity index (χ4v) is 5.19. The number of benzene rings is 1. The highest BCUT2D eigenvalue weighted by atomic mass is 35.5. The molecule has 1 N–H and O–H groups in total. The van der Waals surface area contributed by atoms with E-state index in [1.165, 1.54) is 6.08 Å². The number of hydrogen-bond acceptors (Lipinski definition) is 4. The Hall–Kier alpha value is -2.59. The van der Waals surface area contributed by atoms with Gasteiger partial charge in [0, 0.05) is 41.4 Å². The third kappa shape index (κ3) is 4.09. The van der Waals surface area contributed by atoms with Gasteiger partial charge in [0.05, 0.1) is 29.8 Å². The van der Waals surface area contributed by atoms with Crippen LogP contribution in [0.1, 0.15) is 44.7 Å². The molecule has 0 spiro atoms. The monoisotopic (exact) mass is 471 g/mol. The van der Waals surface area contributed by atoms with Crippen molar-refractivity contribution in [1.29, 1.82) is 5.26 Å². The Balaban J connectivity index is 1.75. The molecule has 8 heteroatoms.